The maximum absolute atomic E-state index is 9.03. The lowest BCUT2D eigenvalue weighted by molar-refractivity contribution is 0.776. The average Bonchev–Trinajstić information content (AvgIpc) is 2.31. The molecular formula is C14H12ClN. The molecule has 0 spiro atoms. The number of allylic oxidation sites excluding steroid dienone is 3. The molecule has 1 aliphatic carbocycles. The van der Waals surface area contributed by atoms with Crippen molar-refractivity contribution in [2.24, 2.45) is 0 Å². The molecule has 16 heavy (non-hydrogen) atoms. The fourth-order valence-electron chi connectivity index (χ4n) is 1.92. The van der Waals surface area contributed by atoms with E-state index in [1.54, 1.807) is 0 Å². The molecule has 1 atom stereocenters. The van der Waals surface area contributed by atoms with Gasteiger partial charge in [-0.2, -0.15) is 5.26 Å². The molecule has 2 rings (SSSR count). The fraction of sp³-hybridized carbons (Fsp3) is 0.214. The van der Waals surface area contributed by atoms with Crippen LogP contribution in [0.25, 0.3) is 6.08 Å². The molecule has 1 nitrogen and oxygen atoms in total. The second-order valence-electron chi connectivity index (χ2n) is 3.99. The van der Waals surface area contributed by atoms with Crippen LogP contribution in [0.1, 0.15) is 30.4 Å². The number of halogens is 1. The molecule has 0 heterocycles. The molecule has 0 aromatic heterocycles. The molecular weight excluding hydrogens is 218 g/mol. The van der Waals surface area contributed by atoms with Gasteiger partial charge in [0, 0.05) is 0 Å². The molecule has 1 unspecified atom stereocenters. The zero-order valence-electron chi connectivity index (χ0n) is 9.07. The molecule has 1 aliphatic rings. The summed E-state index contributed by atoms with van der Waals surface area (Å²) < 4.78 is 0. The van der Waals surface area contributed by atoms with Gasteiger partial charge in [-0.05, 0) is 29.5 Å². The van der Waals surface area contributed by atoms with E-state index in [-0.39, 0.29) is 0 Å². The summed E-state index contributed by atoms with van der Waals surface area (Å²) in [7, 11) is 0. The van der Waals surface area contributed by atoms with Crippen LogP contribution in [0.5, 0.6) is 0 Å². The van der Waals surface area contributed by atoms with Gasteiger partial charge in [-0.3, -0.25) is 0 Å². The van der Waals surface area contributed by atoms with Crippen molar-refractivity contribution >= 4 is 17.7 Å². The molecule has 0 N–H and O–H groups in total. The number of fused-ring (bicyclic) bond motifs is 1. The van der Waals surface area contributed by atoms with Gasteiger partial charge >= 0.3 is 0 Å². The first-order valence-electron chi connectivity index (χ1n) is 5.29. The van der Waals surface area contributed by atoms with Crippen LogP contribution in [-0.2, 0) is 0 Å². The fourth-order valence-corrected chi connectivity index (χ4v) is 2.10. The maximum Gasteiger partial charge on any atom is 0.101 e. The average molecular weight is 230 g/mol. The number of hydrogen-bond acceptors (Lipinski definition) is 1. The lowest BCUT2D eigenvalue weighted by Crippen LogP contribution is -1.98. The van der Waals surface area contributed by atoms with Crippen LogP contribution in [0.2, 0.25) is 0 Å². The Labute approximate surface area is 101 Å². The van der Waals surface area contributed by atoms with Crippen molar-refractivity contribution in [1.29, 1.82) is 5.26 Å². The molecule has 0 bridgehead atoms. The van der Waals surface area contributed by atoms with Crippen LogP contribution in [-0.4, -0.2) is 0 Å². The van der Waals surface area contributed by atoms with Gasteiger partial charge in [-0.15, -0.1) is 0 Å². The minimum Gasteiger partial charge on any atom is -0.192 e. The highest BCUT2D eigenvalue weighted by atomic mass is 35.5. The van der Waals surface area contributed by atoms with E-state index in [1.165, 1.54) is 5.56 Å². The highest BCUT2D eigenvalue weighted by Gasteiger charge is 2.13. The van der Waals surface area contributed by atoms with Gasteiger partial charge in [0.25, 0.3) is 0 Å². The standard InChI is InChI=1S/C14H12ClN/c1-10-6-7-14(15)12(9-16)8-11-4-2-3-5-13(10)11/h2-5,7-8,10H,6H2,1H3. The third-order valence-corrected chi connectivity index (χ3v) is 3.21. The van der Waals surface area contributed by atoms with Crippen LogP contribution >= 0.6 is 11.6 Å². The Morgan fingerprint density at radius 3 is 2.88 bits per heavy atom. The molecule has 0 aliphatic heterocycles. The molecule has 0 fully saturated rings. The minimum absolute atomic E-state index is 0.432. The van der Waals surface area contributed by atoms with Crippen molar-refractivity contribution < 1.29 is 0 Å². The normalized spacial score (nSPS) is 19.7. The zero-order valence-corrected chi connectivity index (χ0v) is 9.83. The van der Waals surface area contributed by atoms with E-state index in [9.17, 15) is 0 Å². The van der Waals surface area contributed by atoms with Gasteiger partial charge in [-0.25, -0.2) is 0 Å². The Kier molecular flexibility index (Phi) is 3.12. The molecule has 2 heteroatoms. The Morgan fingerprint density at radius 2 is 2.12 bits per heavy atom. The summed E-state index contributed by atoms with van der Waals surface area (Å²) in [6, 6.07) is 10.3. The first-order valence-corrected chi connectivity index (χ1v) is 5.67. The van der Waals surface area contributed by atoms with Gasteiger partial charge in [0.2, 0.25) is 0 Å². The Balaban J connectivity index is 2.60. The van der Waals surface area contributed by atoms with E-state index >= 15 is 0 Å². The second-order valence-corrected chi connectivity index (χ2v) is 4.39. The van der Waals surface area contributed by atoms with Crippen LogP contribution in [0.3, 0.4) is 0 Å². The van der Waals surface area contributed by atoms with Gasteiger partial charge in [0.05, 0.1) is 10.6 Å². The SMILES string of the molecule is CC1CC=C(Cl)C(C#N)=Cc2ccccc21. The Morgan fingerprint density at radius 1 is 1.38 bits per heavy atom. The van der Waals surface area contributed by atoms with E-state index in [1.807, 2.05) is 30.4 Å². The van der Waals surface area contributed by atoms with Crippen molar-refractivity contribution in [3.63, 3.8) is 0 Å². The van der Waals surface area contributed by atoms with Crippen LogP contribution in [0.15, 0.2) is 40.9 Å². The first-order chi connectivity index (χ1) is 7.72. The van der Waals surface area contributed by atoms with Gasteiger partial charge < -0.3 is 0 Å². The lowest BCUT2D eigenvalue weighted by atomic mass is 9.90. The summed E-state index contributed by atoms with van der Waals surface area (Å²) in [6.07, 6.45) is 4.66. The molecule has 0 amide bonds. The molecule has 0 radical (unpaired) electrons. The molecule has 1 aromatic carbocycles. The van der Waals surface area contributed by atoms with Crippen LogP contribution < -0.4 is 0 Å². The molecule has 0 saturated heterocycles. The summed E-state index contributed by atoms with van der Waals surface area (Å²) >= 11 is 6.06. The third-order valence-electron chi connectivity index (χ3n) is 2.86. The van der Waals surface area contributed by atoms with E-state index < -0.39 is 0 Å². The summed E-state index contributed by atoms with van der Waals surface area (Å²) in [5.74, 6) is 0.432. The Bertz CT molecular complexity index is 506. The third kappa shape index (κ3) is 2.03. The van der Waals surface area contributed by atoms with Crippen LogP contribution in [0.4, 0.5) is 0 Å². The number of nitrogens with zero attached hydrogens (tertiary/aromatic N) is 1. The van der Waals surface area contributed by atoms with Crippen molar-refractivity contribution in [2.45, 2.75) is 19.3 Å². The molecule has 1 aromatic rings. The van der Waals surface area contributed by atoms with Crippen molar-refractivity contribution in [3.05, 3.63) is 52.1 Å². The first kappa shape index (κ1) is 11.0. The Hall–Kier alpha value is -1.52. The summed E-state index contributed by atoms with van der Waals surface area (Å²) in [5, 5.41) is 9.59. The number of rotatable bonds is 0. The molecule has 80 valence electrons. The number of nitriles is 1. The minimum atomic E-state index is 0.432. The largest absolute Gasteiger partial charge is 0.192 e. The highest BCUT2D eigenvalue weighted by molar-refractivity contribution is 6.32. The zero-order chi connectivity index (χ0) is 11.5. The van der Waals surface area contributed by atoms with Crippen LogP contribution in [0, 0.1) is 11.3 Å². The van der Waals surface area contributed by atoms with Gasteiger partial charge in [0.1, 0.15) is 6.07 Å². The molecule has 0 saturated carbocycles. The van der Waals surface area contributed by atoms with Crippen molar-refractivity contribution in [2.75, 3.05) is 0 Å². The van der Waals surface area contributed by atoms with E-state index in [2.05, 4.69) is 19.1 Å². The predicted octanol–water partition coefficient (Wildman–Crippen LogP) is 4.22. The van der Waals surface area contributed by atoms with E-state index in [0.717, 1.165) is 12.0 Å². The smallest absolute Gasteiger partial charge is 0.101 e. The number of benzene rings is 1. The van der Waals surface area contributed by atoms with E-state index in [0.29, 0.717) is 16.5 Å². The summed E-state index contributed by atoms with van der Waals surface area (Å²) in [5.41, 5.74) is 2.91. The van der Waals surface area contributed by atoms with Gasteiger partial charge in [0.15, 0.2) is 0 Å². The van der Waals surface area contributed by atoms with Crippen molar-refractivity contribution in [1.82, 2.24) is 0 Å². The lowest BCUT2D eigenvalue weighted by Gasteiger charge is -2.15. The summed E-state index contributed by atoms with van der Waals surface area (Å²) in [6.45, 7) is 2.17. The van der Waals surface area contributed by atoms with Gasteiger partial charge in [-0.1, -0.05) is 48.9 Å². The monoisotopic (exact) mass is 229 g/mol. The maximum atomic E-state index is 9.03. The topological polar surface area (TPSA) is 23.8 Å². The quantitative estimate of drug-likeness (QED) is 0.653. The summed E-state index contributed by atoms with van der Waals surface area (Å²) in [4.78, 5) is 0. The number of hydrogen-bond donors (Lipinski definition) is 0. The second kappa shape index (κ2) is 4.55. The highest BCUT2D eigenvalue weighted by Crippen LogP contribution is 2.30. The predicted molar refractivity (Wildman–Crippen MR) is 67.0 cm³/mol. The van der Waals surface area contributed by atoms with E-state index in [4.69, 9.17) is 16.9 Å². The van der Waals surface area contributed by atoms with Crippen molar-refractivity contribution in [3.8, 4) is 6.07 Å².